The first-order chi connectivity index (χ1) is 11.6. The molecule has 0 spiro atoms. The Bertz CT molecular complexity index is 651. The maximum Gasteiger partial charge on any atom is 0.226 e. The highest BCUT2D eigenvalue weighted by Crippen LogP contribution is 2.35. The van der Waals surface area contributed by atoms with Crippen molar-refractivity contribution in [3.05, 3.63) is 29.7 Å². The molecule has 0 aromatic carbocycles. The summed E-state index contributed by atoms with van der Waals surface area (Å²) in [6.07, 6.45) is 7.42. The zero-order valence-electron chi connectivity index (χ0n) is 15.1. The molecule has 0 N–H and O–H groups in total. The maximum atomic E-state index is 5.21. The molecule has 2 aromatic rings. The fraction of sp³-hybridized carbons (Fsp3) is 0.706. The van der Waals surface area contributed by atoms with E-state index in [0.29, 0.717) is 17.9 Å². The van der Waals surface area contributed by atoms with Crippen molar-refractivity contribution in [3.63, 3.8) is 0 Å². The third-order valence-corrected chi connectivity index (χ3v) is 4.84. The number of hydrogen-bond acceptors (Lipinski definition) is 6. The van der Waals surface area contributed by atoms with Crippen molar-refractivity contribution in [3.8, 4) is 0 Å². The molecule has 3 rings (SSSR count). The number of aryl methyl sites for hydroxylation is 2. The molecule has 132 valence electrons. The lowest BCUT2D eigenvalue weighted by molar-refractivity contribution is 0.0917. The molecule has 0 bridgehead atoms. The molecular weight excluding hydrogens is 304 g/mol. The Balaban J connectivity index is 1.66. The van der Waals surface area contributed by atoms with Gasteiger partial charge in [-0.15, -0.1) is 0 Å². The highest BCUT2D eigenvalue weighted by atomic mass is 16.5. The minimum Gasteiger partial charge on any atom is -0.339 e. The summed E-state index contributed by atoms with van der Waals surface area (Å²) in [5.41, 5.74) is 1.31. The second-order valence-corrected chi connectivity index (χ2v) is 6.93. The minimum atomic E-state index is 0.423. The molecule has 7 heteroatoms. The van der Waals surface area contributed by atoms with Gasteiger partial charge in [-0.1, -0.05) is 12.1 Å². The summed E-state index contributed by atoms with van der Waals surface area (Å²) in [4.78, 5) is 9.18. The predicted octanol–water partition coefficient (Wildman–Crippen LogP) is 1.88. The first-order valence-corrected chi connectivity index (χ1v) is 8.75. The Hall–Kier alpha value is -1.73. The van der Waals surface area contributed by atoms with Gasteiger partial charge >= 0.3 is 0 Å². The van der Waals surface area contributed by atoms with Crippen LogP contribution in [0.15, 0.2) is 16.9 Å². The molecular formula is C17H28N6O. The van der Waals surface area contributed by atoms with E-state index in [4.69, 9.17) is 4.52 Å². The monoisotopic (exact) mass is 332 g/mol. The van der Waals surface area contributed by atoms with E-state index in [2.05, 4.69) is 45.3 Å². The van der Waals surface area contributed by atoms with Crippen LogP contribution in [-0.4, -0.2) is 56.9 Å². The van der Waals surface area contributed by atoms with Crippen molar-refractivity contribution >= 4 is 0 Å². The lowest BCUT2D eigenvalue weighted by Gasteiger charge is -2.40. The zero-order valence-corrected chi connectivity index (χ0v) is 15.1. The molecule has 24 heavy (non-hydrogen) atoms. The minimum absolute atomic E-state index is 0.423. The number of rotatable bonds is 6. The highest BCUT2D eigenvalue weighted by Gasteiger charge is 2.32. The van der Waals surface area contributed by atoms with Gasteiger partial charge in [-0.05, 0) is 39.4 Å². The van der Waals surface area contributed by atoms with Crippen LogP contribution in [-0.2, 0) is 20.0 Å². The molecule has 2 aromatic heterocycles. The van der Waals surface area contributed by atoms with Gasteiger partial charge in [0.05, 0.1) is 12.7 Å². The van der Waals surface area contributed by atoms with Crippen molar-refractivity contribution in [2.75, 3.05) is 27.2 Å². The Morgan fingerprint density at radius 3 is 2.88 bits per heavy atom. The summed E-state index contributed by atoms with van der Waals surface area (Å²) in [5, 5.41) is 8.43. The van der Waals surface area contributed by atoms with Crippen LogP contribution in [0.1, 0.15) is 43.1 Å². The number of likely N-dealkylation sites (tertiary alicyclic amines) is 1. The molecule has 1 saturated heterocycles. The quantitative estimate of drug-likeness (QED) is 0.805. The third kappa shape index (κ3) is 3.84. The van der Waals surface area contributed by atoms with Gasteiger partial charge in [0.1, 0.15) is 0 Å². The van der Waals surface area contributed by atoms with Gasteiger partial charge in [-0.25, -0.2) is 0 Å². The summed E-state index contributed by atoms with van der Waals surface area (Å²) >= 11 is 0. The van der Waals surface area contributed by atoms with Gasteiger partial charge in [0.15, 0.2) is 5.82 Å². The standard InChI is InChI=1S/C17H28N6O/c1-5-16-19-15(20-24-16)12-21(2)10-13-7-6-8-22(3)17(13)14-9-18-23(4)11-14/h9,11,13,17H,5-8,10,12H2,1-4H3/t13-,17+/m0/s1. The van der Waals surface area contributed by atoms with Gasteiger partial charge in [0.25, 0.3) is 0 Å². The van der Waals surface area contributed by atoms with Crippen LogP contribution < -0.4 is 0 Å². The van der Waals surface area contributed by atoms with Crippen LogP contribution in [0.4, 0.5) is 0 Å². The molecule has 3 heterocycles. The lowest BCUT2D eigenvalue weighted by atomic mass is 9.86. The third-order valence-electron chi connectivity index (χ3n) is 4.84. The molecule has 1 aliphatic rings. The Labute approximate surface area is 143 Å². The van der Waals surface area contributed by atoms with Crippen LogP contribution in [0, 0.1) is 5.92 Å². The molecule has 1 aliphatic heterocycles. The largest absolute Gasteiger partial charge is 0.339 e. The number of piperidine rings is 1. The van der Waals surface area contributed by atoms with Crippen molar-refractivity contribution in [2.45, 2.75) is 38.8 Å². The van der Waals surface area contributed by atoms with Crippen molar-refractivity contribution < 1.29 is 4.52 Å². The normalized spacial score (nSPS) is 22.4. The fourth-order valence-electron chi connectivity index (χ4n) is 3.77. The molecule has 0 radical (unpaired) electrons. The Kier molecular flexibility index (Phi) is 5.30. The topological polar surface area (TPSA) is 63.2 Å². The number of hydrogen-bond donors (Lipinski definition) is 0. The molecule has 0 unspecified atom stereocenters. The van der Waals surface area contributed by atoms with E-state index in [9.17, 15) is 0 Å². The van der Waals surface area contributed by atoms with Crippen molar-refractivity contribution in [1.82, 2.24) is 29.7 Å². The highest BCUT2D eigenvalue weighted by molar-refractivity contribution is 5.13. The Morgan fingerprint density at radius 1 is 1.38 bits per heavy atom. The first kappa shape index (κ1) is 17.1. The van der Waals surface area contributed by atoms with E-state index < -0.39 is 0 Å². The van der Waals surface area contributed by atoms with E-state index in [0.717, 1.165) is 31.9 Å². The second-order valence-electron chi connectivity index (χ2n) is 6.93. The van der Waals surface area contributed by atoms with Crippen LogP contribution >= 0.6 is 0 Å². The molecule has 0 aliphatic carbocycles. The van der Waals surface area contributed by atoms with E-state index in [1.54, 1.807) is 0 Å². The molecule has 0 amide bonds. The van der Waals surface area contributed by atoms with Gasteiger partial charge in [0.2, 0.25) is 5.89 Å². The zero-order chi connectivity index (χ0) is 17.1. The smallest absolute Gasteiger partial charge is 0.226 e. The predicted molar refractivity (Wildman–Crippen MR) is 91.3 cm³/mol. The summed E-state index contributed by atoms with van der Waals surface area (Å²) in [6.45, 7) is 4.91. The summed E-state index contributed by atoms with van der Waals surface area (Å²) in [7, 11) is 6.34. The second kappa shape index (κ2) is 7.44. The lowest BCUT2D eigenvalue weighted by Crippen LogP contribution is -2.40. The summed E-state index contributed by atoms with van der Waals surface area (Å²) < 4.78 is 7.10. The van der Waals surface area contributed by atoms with E-state index >= 15 is 0 Å². The van der Waals surface area contributed by atoms with Crippen LogP contribution in [0.2, 0.25) is 0 Å². The fourth-order valence-corrected chi connectivity index (χ4v) is 3.77. The van der Waals surface area contributed by atoms with E-state index in [1.165, 1.54) is 18.4 Å². The van der Waals surface area contributed by atoms with Crippen molar-refractivity contribution in [2.24, 2.45) is 13.0 Å². The van der Waals surface area contributed by atoms with Gasteiger partial charge in [0, 0.05) is 37.8 Å². The van der Waals surface area contributed by atoms with E-state index in [1.807, 2.05) is 24.9 Å². The van der Waals surface area contributed by atoms with Crippen LogP contribution in [0.5, 0.6) is 0 Å². The molecule has 7 nitrogen and oxygen atoms in total. The maximum absolute atomic E-state index is 5.21. The molecule has 1 fully saturated rings. The average molecular weight is 332 g/mol. The number of nitrogens with zero attached hydrogens (tertiary/aromatic N) is 6. The number of aromatic nitrogens is 4. The summed E-state index contributed by atoms with van der Waals surface area (Å²) in [6, 6.07) is 0.423. The molecule has 2 atom stereocenters. The van der Waals surface area contributed by atoms with Gasteiger partial charge in [-0.2, -0.15) is 10.1 Å². The van der Waals surface area contributed by atoms with Crippen LogP contribution in [0.25, 0.3) is 0 Å². The SMILES string of the molecule is CCc1nc(CN(C)C[C@@H]2CCCN(C)[C@H]2c2cnn(C)c2)no1. The average Bonchev–Trinajstić information content (AvgIpc) is 3.16. The summed E-state index contributed by atoms with van der Waals surface area (Å²) in [5.74, 6) is 2.07. The van der Waals surface area contributed by atoms with Crippen molar-refractivity contribution in [1.29, 1.82) is 0 Å². The van der Waals surface area contributed by atoms with Gasteiger partial charge < -0.3 is 4.52 Å². The molecule has 0 saturated carbocycles. The first-order valence-electron chi connectivity index (χ1n) is 8.75. The van der Waals surface area contributed by atoms with Crippen LogP contribution in [0.3, 0.4) is 0 Å². The Morgan fingerprint density at radius 2 is 2.21 bits per heavy atom. The van der Waals surface area contributed by atoms with Gasteiger partial charge in [-0.3, -0.25) is 14.5 Å². The van der Waals surface area contributed by atoms with E-state index in [-0.39, 0.29) is 0 Å².